The SMILES string of the molecule is O=C(Nc1ccc(Br)cc1Br)C(F)(F)C(F)(F)C(F)(F)C(F)(F)C(=O)Nc1ccc(Br)cc1Br. The Balaban J connectivity index is 2.36. The van der Waals surface area contributed by atoms with Gasteiger partial charge in [-0.05, 0) is 68.3 Å². The summed E-state index contributed by atoms with van der Waals surface area (Å²) in [5.74, 6) is -32.7. The van der Waals surface area contributed by atoms with Gasteiger partial charge in [-0.25, -0.2) is 0 Å². The van der Waals surface area contributed by atoms with E-state index in [0.29, 0.717) is 8.95 Å². The van der Waals surface area contributed by atoms with Gasteiger partial charge in [0.15, 0.2) is 0 Å². The maximum Gasteiger partial charge on any atom is 0.393 e. The van der Waals surface area contributed by atoms with E-state index in [4.69, 9.17) is 0 Å². The Morgan fingerprint density at radius 3 is 1.15 bits per heavy atom. The fourth-order valence-corrected chi connectivity index (χ4v) is 4.56. The number of rotatable bonds is 7. The molecule has 0 aliphatic rings. The van der Waals surface area contributed by atoms with Crippen LogP contribution in [0.2, 0.25) is 0 Å². The molecule has 2 aromatic carbocycles. The molecule has 0 atom stereocenters. The van der Waals surface area contributed by atoms with Gasteiger partial charge in [-0.1, -0.05) is 31.9 Å². The zero-order chi connectivity index (χ0) is 26.3. The number of nitrogens with one attached hydrogen (secondary N) is 2. The molecule has 0 saturated heterocycles. The average molecular weight is 756 g/mol. The Kier molecular flexibility index (Phi) is 8.53. The molecule has 0 spiro atoms. The standard InChI is InChI=1S/C18H8Br4F8N2O2/c19-7-1-3-11(9(21)5-7)31-13(33)15(23,24)17(27,28)18(29,30)16(25,26)14(34)32-12-4-2-8(20)6-10(12)22/h1-6H,(H,31,33)(H,32,34). The van der Waals surface area contributed by atoms with Crippen molar-refractivity contribution in [2.24, 2.45) is 0 Å². The predicted molar refractivity (Wildman–Crippen MR) is 121 cm³/mol. The maximum atomic E-state index is 14.2. The lowest BCUT2D eigenvalue weighted by molar-refractivity contribution is -0.345. The van der Waals surface area contributed by atoms with Crippen LogP contribution in [0, 0.1) is 0 Å². The van der Waals surface area contributed by atoms with E-state index in [1.165, 1.54) is 34.9 Å². The summed E-state index contributed by atoms with van der Waals surface area (Å²) in [6.45, 7) is 0. The summed E-state index contributed by atoms with van der Waals surface area (Å²) in [4.78, 5) is 23.5. The van der Waals surface area contributed by atoms with E-state index in [2.05, 4.69) is 63.7 Å². The fourth-order valence-electron chi connectivity index (χ4n) is 2.26. The Labute approximate surface area is 219 Å². The van der Waals surface area contributed by atoms with Crippen LogP contribution in [-0.4, -0.2) is 35.5 Å². The maximum absolute atomic E-state index is 14.2. The van der Waals surface area contributed by atoms with Crippen LogP contribution in [0.1, 0.15) is 0 Å². The van der Waals surface area contributed by atoms with E-state index in [-0.39, 0.29) is 8.95 Å². The molecule has 2 aromatic rings. The van der Waals surface area contributed by atoms with E-state index in [0.717, 1.165) is 12.1 Å². The lowest BCUT2D eigenvalue weighted by Crippen LogP contribution is -2.67. The molecular formula is C18H8Br4F8N2O2. The van der Waals surface area contributed by atoms with Crippen LogP contribution in [-0.2, 0) is 9.59 Å². The fraction of sp³-hybridized carbons (Fsp3) is 0.222. The Morgan fingerprint density at radius 2 is 0.882 bits per heavy atom. The first-order valence-corrected chi connectivity index (χ1v) is 11.6. The highest BCUT2D eigenvalue weighted by atomic mass is 79.9. The quantitative estimate of drug-likeness (QED) is 0.283. The van der Waals surface area contributed by atoms with E-state index in [1.54, 1.807) is 0 Å². The molecule has 2 rings (SSSR count). The van der Waals surface area contributed by atoms with Crippen LogP contribution in [0.25, 0.3) is 0 Å². The van der Waals surface area contributed by atoms with Crippen molar-refractivity contribution in [2.45, 2.75) is 23.7 Å². The Morgan fingerprint density at radius 1 is 0.588 bits per heavy atom. The number of anilines is 2. The van der Waals surface area contributed by atoms with E-state index < -0.39 is 46.9 Å². The number of alkyl halides is 8. The molecule has 0 fully saturated rings. The van der Waals surface area contributed by atoms with Gasteiger partial charge in [0.1, 0.15) is 0 Å². The number of halogens is 12. The average Bonchev–Trinajstić information content (AvgIpc) is 2.71. The summed E-state index contributed by atoms with van der Waals surface area (Å²) in [6, 6.07) is 6.64. The van der Waals surface area contributed by atoms with Gasteiger partial charge >= 0.3 is 35.5 Å². The first kappa shape index (κ1) is 29.0. The van der Waals surface area contributed by atoms with Gasteiger partial charge in [0, 0.05) is 17.9 Å². The zero-order valence-electron chi connectivity index (χ0n) is 15.8. The topological polar surface area (TPSA) is 58.2 Å². The van der Waals surface area contributed by atoms with Crippen molar-refractivity contribution in [2.75, 3.05) is 10.6 Å². The van der Waals surface area contributed by atoms with Crippen molar-refractivity contribution in [3.05, 3.63) is 54.3 Å². The van der Waals surface area contributed by atoms with Crippen molar-refractivity contribution in [1.29, 1.82) is 0 Å². The number of carbonyl (C=O) groups is 2. The number of carbonyl (C=O) groups excluding carboxylic acids is 2. The van der Waals surface area contributed by atoms with Crippen LogP contribution in [0.4, 0.5) is 46.5 Å². The van der Waals surface area contributed by atoms with Crippen LogP contribution in [0.3, 0.4) is 0 Å². The van der Waals surface area contributed by atoms with Gasteiger partial charge in [-0.3, -0.25) is 9.59 Å². The summed E-state index contributed by atoms with van der Waals surface area (Å²) in [7, 11) is 0. The smallest absolute Gasteiger partial charge is 0.320 e. The summed E-state index contributed by atoms with van der Waals surface area (Å²) < 4.78 is 114. The molecule has 0 bridgehead atoms. The largest absolute Gasteiger partial charge is 0.393 e. The normalized spacial score (nSPS) is 12.9. The van der Waals surface area contributed by atoms with Gasteiger partial charge in [0.25, 0.3) is 0 Å². The highest BCUT2D eigenvalue weighted by Gasteiger charge is 2.84. The number of hydrogen-bond acceptors (Lipinski definition) is 2. The third kappa shape index (κ3) is 5.28. The van der Waals surface area contributed by atoms with E-state index >= 15 is 0 Å². The molecule has 0 aliphatic heterocycles. The number of benzene rings is 2. The van der Waals surface area contributed by atoms with Crippen molar-refractivity contribution >= 4 is 86.9 Å². The monoisotopic (exact) mass is 752 g/mol. The molecule has 4 nitrogen and oxygen atoms in total. The molecule has 0 unspecified atom stereocenters. The predicted octanol–water partition coefficient (Wildman–Crippen LogP) is 7.86. The van der Waals surface area contributed by atoms with Gasteiger partial charge in [-0.15, -0.1) is 0 Å². The molecule has 16 heteroatoms. The lowest BCUT2D eigenvalue weighted by Gasteiger charge is -2.35. The third-order valence-electron chi connectivity index (χ3n) is 4.11. The molecule has 0 saturated carbocycles. The molecule has 0 aromatic heterocycles. The number of hydrogen-bond donors (Lipinski definition) is 2. The number of amides is 2. The first-order chi connectivity index (χ1) is 15.4. The molecule has 0 radical (unpaired) electrons. The summed E-state index contributed by atoms with van der Waals surface area (Å²) in [6.07, 6.45) is 0. The van der Waals surface area contributed by atoms with Crippen molar-refractivity contribution in [3.8, 4) is 0 Å². The van der Waals surface area contributed by atoms with Gasteiger partial charge in [-0.2, -0.15) is 35.1 Å². The summed E-state index contributed by atoms with van der Waals surface area (Å²) in [5, 5.41) is 2.53. The highest BCUT2D eigenvalue weighted by Crippen LogP contribution is 2.53. The Bertz CT molecular complexity index is 1040. The second-order valence-electron chi connectivity index (χ2n) is 6.45. The lowest BCUT2D eigenvalue weighted by atomic mass is 9.97. The van der Waals surface area contributed by atoms with Gasteiger partial charge in [0.05, 0.1) is 11.4 Å². The molecular weight excluding hydrogens is 748 g/mol. The van der Waals surface area contributed by atoms with E-state index in [1.807, 2.05) is 0 Å². The summed E-state index contributed by atoms with van der Waals surface area (Å²) >= 11 is 11.6. The van der Waals surface area contributed by atoms with Crippen molar-refractivity contribution in [1.82, 2.24) is 0 Å². The van der Waals surface area contributed by atoms with Crippen LogP contribution >= 0.6 is 63.7 Å². The second kappa shape index (κ2) is 10.0. The molecule has 2 amide bonds. The molecule has 34 heavy (non-hydrogen) atoms. The van der Waals surface area contributed by atoms with Crippen molar-refractivity contribution < 1.29 is 44.7 Å². The minimum Gasteiger partial charge on any atom is -0.320 e. The molecule has 0 heterocycles. The van der Waals surface area contributed by atoms with E-state index in [9.17, 15) is 44.7 Å². The molecule has 2 N–H and O–H groups in total. The van der Waals surface area contributed by atoms with Crippen LogP contribution in [0.5, 0.6) is 0 Å². The minimum absolute atomic E-state index is 0.120. The van der Waals surface area contributed by atoms with Gasteiger partial charge in [0.2, 0.25) is 0 Å². The zero-order valence-corrected chi connectivity index (χ0v) is 22.2. The second-order valence-corrected chi connectivity index (χ2v) is 9.99. The molecule has 0 aliphatic carbocycles. The third-order valence-corrected chi connectivity index (χ3v) is 6.41. The molecule has 186 valence electrons. The van der Waals surface area contributed by atoms with Crippen LogP contribution < -0.4 is 10.6 Å². The summed E-state index contributed by atoms with van der Waals surface area (Å²) in [5.41, 5.74) is -1.09. The Hall–Kier alpha value is -1.26. The van der Waals surface area contributed by atoms with Gasteiger partial charge < -0.3 is 10.6 Å². The first-order valence-electron chi connectivity index (χ1n) is 8.40. The van der Waals surface area contributed by atoms with Crippen LogP contribution in [0.15, 0.2) is 54.3 Å². The highest BCUT2D eigenvalue weighted by molar-refractivity contribution is 9.11. The minimum atomic E-state index is -7.00. The van der Waals surface area contributed by atoms with Crippen molar-refractivity contribution in [3.63, 3.8) is 0 Å².